The summed E-state index contributed by atoms with van der Waals surface area (Å²) in [7, 11) is 1.61. The maximum absolute atomic E-state index is 13.7. The summed E-state index contributed by atoms with van der Waals surface area (Å²) in [5.41, 5.74) is 16.1. The molecule has 3 aromatic heterocycles. The van der Waals surface area contributed by atoms with Gasteiger partial charge in [0.15, 0.2) is 5.78 Å². The molecule has 0 unspecified atom stereocenters. The second-order valence-electron chi connectivity index (χ2n) is 14.6. The fourth-order valence-electron chi connectivity index (χ4n) is 8.08. The average Bonchev–Trinajstić information content (AvgIpc) is 4.15. The molecular formula is C54H38N4O2. The van der Waals surface area contributed by atoms with Gasteiger partial charge in [-0.25, -0.2) is 9.97 Å². The van der Waals surface area contributed by atoms with Gasteiger partial charge in [0, 0.05) is 55.5 Å². The van der Waals surface area contributed by atoms with Crippen LogP contribution in [0.25, 0.3) is 90.4 Å². The number of methoxy groups -OCH3 is 1. The third kappa shape index (κ3) is 6.86. The first kappa shape index (κ1) is 36.3. The lowest BCUT2D eigenvalue weighted by molar-refractivity contribution is 0.104. The highest BCUT2D eigenvalue weighted by Crippen LogP contribution is 2.40. The fourth-order valence-corrected chi connectivity index (χ4v) is 8.08. The number of ketones is 1. The number of allylic oxidation sites excluding steroid dienone is 3. The maximum atomic E-state index is 13.7. The van der Waals surface area contributed by atoms with Crippen LogP contribution in [0.5, 0.6) is 5.75 Å². The van der Waals surface area contributed by atoms with Crippen molar-refractivity contribution in [3.63, 3.8) is 0 Å². The number of hydrogen-bond donors (Lipinski definition) is 2. The number of benzene rings is 5. The van der Waals surface area contributed by atoms with E-state index in [0.29, 0.717) is 11.3 Å². The van der Waals surface area contributed by atoms with Crippen molar-refractivity contribution in [2.45, 2.75) is 0 Å². The molecule has 6 heteroatoms. The normalized spacial score (nSPS) is 12.1. The molecule has 0 aliphatic carbocycles. The van der Waals surface area contributed by atoms with Crippen molar-refractivity contribution in [3.8, 4) is 50.3 Å². The zero-order valence-electron chi connectivity index (χ0n) is 32.8. The average molecular weight is 775 g/mol. The van der Waals surface area contributed by atoms with E-state index >= 15 is 0 Å². The fraction of sp³-hybridized carbons (Fsp3) is 0.0185. The Labute approximate surface area is 347 Å². The minimum absolute atomic E-state index is 0.123. The first-order valence-electron chi connectivity index (χ1n) is 19.9. The van der Waals surface area contributed by atoms with Crippen LogP contribution in [0.1, 0.15) is 33.1 Å². The second-order valence-corrected chi connectivity index (χ2v) is 14.6. The summed E-state index contributed by atoms with van der Waals surface area (Å²) in [4.78, 5) is 32.3. The van der Waals surface area contributed by atoms with Gasteiger partial charge < -0.3 is 14.7 Å². The Morgan fingerprint density at radius 1 is 0.483 bits per heavy atom. The highest BCUT2D eigenvalue weighted by molar-refractivity contribution is 6.09. The molecule has 0 amide bonds. The molecule has 10 rings (SSSR count). The van der Waals surface area contributed by atoms with Gasteiger partial charge in [0.25, 0.3) is 0 Å². The summed E-state index contributed by atoms with van der Waals surface area (Å²) in [6.07, 6.45) is 9.84. The number of rotatable bonds is 8. The second kappa shape index (κ2) is 15.7. The predicted octanol–water partition coefficient (Wildman–Crippen LogP) is 13.1. The molecule has 2 aliphatic heterocycles. The van der Waals surface area contributed by atoms with E-state index in [-0.39, 0.29) is 5.78 Å². The number of nitrogens with zero attached hydrogens (tertiary/aromatic N) is 2. The van der Waals surface area contributed by atoms with Gasteiger partial charge in [-0.3, -0.25) is 4.79 Å². The summed E-state index contributed by atoms with van der Waals surface area (Å²) >= 11 is 0. The molecule has 0 atom stereocenters. The van der Waals surface area contributed by atoms with Crippen molar-refractivity contribution in [2.75, 3.05) is 7.11 Å². The number of ether oxygens (including phenoxy) is 1. The highest BCUT2D eigenvalue weighted by Gasteiger charge is 2.22. The number of fused-ring (bicyclic) bond motifs is 8. The number of hydrogen-bond acceptors (Lipinski definition) is 4. The Kier molecular flexibility index (Phi) is 9.48. The highest BCUT2D eigenvalue weighted by atomic mass is 16.5. The molecule has 2 N–H and O–H groups in total. The summed E-state index contributed by atoms with van der Waals surface area (Å²) in [6.45, 7) is 0. The number of carbonyl (C=O) groups is 1. The summed E-state index contributed by atoms with van der Waals surface area (Å²) in [5.74, 6) is 0.569. The molecule has 286 valence electrons. The first-order chi connectivity index (χ1) is 29.6. The van der Waals surface area contributed by atoms with Crippen LogP contribution < -0.4 is 4.74 Å². The Morgan fingerprint density at radius 2 is 0.900 bits per heavy atom. The van der Waals surface area contributed by atoms with E-state index in [4.69, 9.17) is 14.7 Å². The number of aromatic amines is 2. The molecule has 8 bridgehead atoms. The van der Waals surface area contributed by atoms with Crippen LogP contribution in [-0.4, -0.2) is 32.8 Å². The lowest BCUT2D eigenvalue weighted by Crippen LogP contribution is -1.95. The topological polar surface area (TPSA) is 83.7 Å². The Hall–Kier alpha value is -8.09. The van der Waals surface area contributed by atoms with Gasteiger partial charge in [0.2, 0.25) is 0 Å². The molecule has 0 saturated heterocycles. The number of aromatic nitrogens is 4. The van der Waals surface area contributed by atoms with Gasteiger partial charge in [-0.1, -0.05) is 121 Å². The summed E-state index contributed by atoms with van der Waals surface area (Å²) < 4.78 is 5.34. The zero-order chi connectivity index (χ0) is 40.4. The standard InChI is InChI=1S/C54H38N4O2/c1-60-41-25-22-35(23-26-41)49(59)33-24-40-34-48-52(38-18-10-4-11-19-38)46-30-29-44(56-46)50(36-14-6-2-7-15-36)42-27-28-43(55-42)51(37-16-8-3-9-17-37)45-31-32-47(57-45)53(54(40)58-48)39-20-12-5-13-21-39/h2-34,56-57H,1H3/b33-24-,50-42?,50-44?,51-43?,51-45?,52-46?,52-48?,53-47?,54-53?. The van der Waals surface area contributed by atoms with E-state index in [9.17, 15) is 4.79 Å². The molecule has 2 aliphatic rings. The van der Waals surface area contributed by atoms with Crippen LogP contribution in [0.4, 0.5) is 0 Å². The minimum Gasteiger partial charge on any atom is -0.497 e. The zero-order valence-corrected chi connectivity index (χ0v) is 32.8. The van der Waals surface area contributed by atoms with E-state index in [1.165, 1.54) is 0 Å². The van der Waals surface area contributed by atoms with Gasteiger partial charge in [-0.05, 0) is 101 Å². The summed E-state index contributed by atoms with van der Waals surface area (Å²) in [6, 6.07) is 57.1. The van der Waals surface area contributed by atoms with Crippen molar-refractivity contribution in [2.24, 2.45) is 0 Å². The molecule has 8 aromatic rings. The van der Waals surface area contributed by atoms with E-state index in [1.807, 2.05) is 54.6 Å². The van der Waals surface area contributed by atoms with E-state index < -0.39 is 0 Å². The van der Waals surface area contributed by atoms with Crippen LogP contribution in [0, 0.1) is 0 Å². The Morgan fingerprint density at radius 3 is 1.35 bits per heavy atom. The van der Waals surface area contributed by atoms with Crippen molar-refractivity contribution in [1.82, 2.24) is 19.9 Å². The lowest BCUT2D eigenvalue weighted by Gasteiger charge is -2.08. The van der Waals surface area contributed by atoms with Crippen molar-refractivity contribution >= 4 is 51.7 Å². The van der Waals surface area contributed by atoms with Gasteiger partial charge >= 0.3 is 0 Å². The number of nitrogens with one attached hydrogen (secondary N) is 2. The van der Waals surface area contributed by atoms with Crippen molar-refractivity contribution in [3.05, 3.63) is 210 Å². The molecule has 5 aromatic carbocycles. The molecule has 0 fully saturated rings. The van der Waals surface area contributed by atoms with Crippen LogP contribution in [0.15, 0.2) is 182 Å². The Bertz CT molecular complexity index is 3160. The van der Waals surface area contributed by atoms with Crippen molar-refractivity contribution < 1.29 is 9.53 Å². The molecule has 0 spiro atoms. The monoisotopic (exact) mass is 774 g/mol. The van der Waals surface area contributed by atoms with Gasteiger partial charge in [0.05, 0.1) is 29.9 Å². The quantitative estimate of drug-likeness (QED) is 0.119. The predicted molar refractivity (Wildman–Crippen MR) is 246 cm³/mol. The molecule has 6 nitrogen and oxygen atoms in total. The van der Waals surface area contributed by atoms with E-state index in [1.54, 1.807) is 37.5 Å². The maximum Gasteiger partial charge on any atom is 0.185 e. The summed E-state index contributed by atoms with van der Waals surface area (Å²) in [5, 5.41) is 0. The van der Waals surface area contributed by atoms with Gasteiger partial charge in [0.1, 0.15) is 5.75 Å². The third-order valence-corrected chi connectivity index (χ3v) is 10.9. The van der Waals surface area contributed by atoms with Crippen LogP contribution in [0.2, 0.25) is 0 Å². The molecule has 60 heavy (non-hydrogen) atoms. The molecule has 0 saturated carbocycles. The number of carbonyl (C=O) groups excluding carboxylic acids is 1. The largest absolute Gasteiger partial charge is 0.497 e. The van der Waals surface area contributed by atoms with Crippen LogP contribution in [0.3, 0.4) is 0 Å². The minimum atomic E-state index is -0.123. The lowest BCUT2D eigenvalue weighted by atomic mass is 9.98. The van der Waals surface area contributed by atoms with Crippen LogP contribution in [-0.2, 0) is 0 Å². The molecule has 0 radical (unpaired) electrons. The van der Waals surface area contributed by atoms with Crippen molar-refractivity contribution in [1.29, 1.82) is 0 Å². The van der Waals surface area contributed by atoms with Gasteiger partial charge in [-0.15, -0.1) is 0 Å². The SMILES string of the molecule is COc1ccc(C(=O)/C=C\C2=Cc3nc2c(-c2ccccc2)c2ccc([nH]2)c(-c2ccccc2)c2nc(c(-c4ccccc4)c4ccc([nH]4)c3-c3ccccc3)C=C2)cc1. The molecular weight excluding hydrogens is 737 g/mol. The Balaban J connectivity index is 1.35. The van der Waals surface area contributed by atoms with Crippen LogP contribution >= 0.6 is 0 Å². The van der Waals surface area contributed by atoms with Gasteiger partial charge in [-0.2, -0.15) is 0 Å². The van der Waals surface area contributed by atoms with E-state index in [2.05, 4.69) is 125 Å². The van der Waals surface area contributed by atoms with E-state index in [0.717, 1.165) is 94.9 Å². The smallest absolute Gasteiger partial charge is 0.185 e. The number of H-pyrrole nitrogens is 2. The third-order valence-electron chi connectivity index (χ3n) is 10.9. The molecule has 5 heterocycles. The first-order valence-corrected chi connectivity index (χ1v) is 19.9.